The molecule has 0 N–H and O–H groups in total. The average Bonchev–Trinajstić information content (AvgIpc) is 2.56. The Bertz CT molecular complexity index is 625. The molecule has 0 aliphatic heterocycles. The van der Waals surface area contributed by atoms with E-state index in [4.69, 9.17) is 14.2 Å². The highest BCUT2D eigenvalue weighted by molar-refractivity contribution is 5.64. The average molecular weight is 328 g/mol. The predicted octanol–water partition coefficient (Wildman–Crippen LogP) is 4.79. The van der Waals surface area contributed by atoms with Crippen molar-refractivity contribution in [1.29, 1.82) is 0 Å². The Labute approximate surface area is 143 Å². The van der Waals surface area contributed by atoms with Gasteiger partial charge in [-0.3, -0.25) is 0 Å². The molecule has 1 atom stereocenters. The number of carbonyl (C=O) groups is 1. The number of hydrogen-bond donors (Lipinski definition) is 0. The summed E-state index contributed by atoms with van der Waals surface area (Å²) in [6.45, 7) is 6.84. The van der Waals surface area contributed by atoms with Crippen LogP contribution in [0.25, 0.3) is 0 Å². The van der Waals surface area contributed by atoms with Crippen LogP contribution in [-0.2, 0) is 15.1 Å². The van der Waals surface area contributed by atoms with Crippen LogP contribution in [0.1, 0.15) is 26.3 Å². The molecule has 0 heterocycles. The molecule has 0 bridgehead atoms. The predicted molar refractivity (Wildman–Crippen MR) is 93.0 cm³/mol. The van der Waals surface area contributed by atoms with Gasteiger partial charge in [-0.05, 0) is 30.5 Å². The molecule has 4 nitrogen and oxygen atoms in total. The molecule has 0 amide bonds. The van der Waals surface area contributed by atoms with E-state index in [-0.39, 0.29) is 6.61 Å². The van der Waals surface area contributed by atoms with Gasteiger partial charge in [-0.25, -0.2) is 4.79 Å². The first kappa shape index (κ1) is 18.0. The minimum Gasteiger partial charge on any atom is -0.420 e. The third kappa shape index (κ3) is 5.39. The lowest BCUT2D eigenvalue weighted by molar-refractivity contribution is -0.0671. The molecule has 4 heteroatoms. The van der Waals surface area contributed by atoms with E-state index in [9.17, 15) is 4.79 Å². The highest BCUT2D eigenvalue weighted by Crippen LogP contribution is 2.27. The van der Waals surface area contributed by atoms with Crippen molar-refractivity contribution in [1.82, 2.24) is 0 Å². The Morgan fingerprint density at radius 2 is 1.58 bits per heavy atom. The fraction of sp³-hybridized carbons (Fsp3) is 0.350. The van der Waals surface area contributed by atoms with E-state index in [0.29, 0.717) is 18.3 Å². The van der Waals surface area contributed by atoms with Crippen LogP contribution >= 0.6 is 0 Å². The van der Waals surface area contributed by atoms with E-state index in [1.807, 2.05) is 43.3 Å². The fourth-order valence-electron chi connectivity index (χ4n) is 2.24. The molecular weight excluding hydrogens is 304 g/mol. The molecule has 2 rings (SSSR count). The second-order valence-electron chi connectivity index (χ2n) is 6.27. The Hall–Kier alpha value is -2.33. The zero-order valence-electron chi connectivity index (χ0n) is 14.4. The highest BCUT2D eigenvalue weighted by atomic mass is 16.7. The summed E-state index contributed by atoms with van der Waals surface area (Å²) in [6.07, 6.45) is -0.749. The largest absolute Gasteiger partial charge is 0.514 e. The number of ether oxygens (including phenoxy) is 3. The maximum Gasteiger partial charge on any atom is 0.514 e. The van der Waals surface area contributed by atoms with Crippen LogP contribution in [-0.4, -0.2) is 19.4 Å². The molecule has 1 unspecified atom stereocenters. The maximum absolute atomic E-state index is 12.2. The molecule has 0 saturated heterocycles. The van der Waals surface area contributed by atoms with Gasteiger partial charge >= 0.3 is 6.16 Å². The third-order valence-electron chi connectivity index (χ3n) is 3.47. The smallest absolute Gasteiger partial charge is 0.420 e. The molecule has 128 valence electrons. The van der Waals surface area contributed by atoms with Crippen molar-refractivity contribution in [3.8, 4) is 5.75 Å². The molecule has 0 aromatic heterocycles. The molecule has 0 aliphatic rings. The van der Waals surface area contributed by atoms with Crippen molar-refractivity contribution in [3.05, 3.63) is 66.2 Å². The Morgan fingerprint density at radius 1 is 1.00 bits per heavy atom. The van der Waals surface area contributed by atoms with Crippen molar-refractivity contribution < 1.29 is 19.0 Å². The van der Waals surface area contributed by atoms with Crippen LogP contribution in [0.3, 0.4) is 0 Å². The summed E-state index contributed by atoms with van der Waals surface area (Å²) in [5, 5.41) is 0. The fourth-order valence-corrected chi connectivity index (χ4v) is 2.24. The monoisotopic (exact) mass is 328 g/mol. The van der Waals surface area contributed by atoms with E-state index in [1.165, 1.54) is 0 Å². The van der Waals surface area contributed by atoms with Gasteiger partial charge in [0.05, 0.1) is 6.61 Å². The van der Waals surface area contributed by atoms with Crippen LogP contribution in [0, 0.1) is 5.92 Å². The van der Waals surface area contributed by atoms with Gasteiger partial charge in [0, 0.05) is 6.61 Å². The van der Waals surface area contributed by atoms with Gasteiger partial charge in [0.15, 0.2) is 5.60 Å². The zero-order valence-corrected chi connectivity index (χ0v) is 14.4. The minimum atomic E-state index is -0.915. The van der Waals surface area contributed by atoms with Crippen LogP contribution < -0.4 is 4.74 Å². The minimum absolute atomic E-state index is 0.263. The lowest BCUT2D eigenvalue weighted by atomic mass is 9.97. The van der Waals surface area contributed by atoms with Gasteiger partial charge in [0.1, 0.15) is 5.75 Å². The van der Waals surface area contributed by atoms with Crippen molar-refractivity contribution in [2.24, 2.45) is 5.92 Å². The number of rotatable bonds is 7. The Morgan fingerprint density at radius 3 is 2.17 bits per heavy atom. The highest BCUT2D eigenvalue weighted by Gasteiger charge is 2.32. The maximum atomic E-state index is 12.2. The van der Waals surface area contributed by atoms with Crippen LogP contribution in [0.15, 0.2) is 60.7 Å². The first-order chi connectivity index (χ1) is 11.5. The van der Waals surface area contributed by atoms with Gasteiger partial charge in [-0.15, -0.1) is 0 Å². The molecule has 0 spiro atoms. The third-order valence-corrected chi connectivity index (χ3v) is 3.47. The normalized spacial score (nSPS) is 13.3. The lowest BCUT2D eigenvalue weighted by Crippen LogP contribution is -2.35. The van der Waals surface area contributed by atoms with E-state index in [1.54, 1.807) is 24.3 Å². The van der Waals surface area contributed by atoms with Crippen LogP contribution in [0.5, 0.6) is 5.75 Å². The summed E-state index contributed by atoms with van der Waals surface area (Å²) in [5.41, 5.74) is -0.0547. The molecule has 2 aromatic rings. The van der Waals surface area contributed by atoms with Gasteiger partial charge in [-0.1, -0.05) is 62.4 Å². The van der Waals surface area contributed by atoms with Gasteiger partial charge < -0.3 is 14.2 Å². The summed E-state index contributed by atoms with van der Waals surface area (Å²) in [5.74, 6) is 0.849. The second kappa shape index (κ2) is 8.50. The molecule has 0 aliphatic carbocycles. The van der Waals surface area contributed by atoms with Crippen LogP contribution in [0.2, 0.25) is 0 Å². The quantitative estimate of drug-likeness (QED) is 0.541. The Kier molecular flexibility index (Phi) is 6.38. The number of hydrogen-bond acceptors (Lipinski definition) is 4. The van der Waals surface area contributed by atoms with E-state index in [0.717, 1.165) is 5.56 Å². The molecule has 0 radical (unpaired) electrons. The lowest BCUT2D eigenvalue weighted by Gasteiger charge is -2.29. The van der Waals surface area contributed by atoms with Gasteiger partial charge in [0.25, 0.3) is 0 Å². The van der Waals surface area contributed by atoms with E-state index in [2.05, 4.69) is 13.8 Å². The first-order valence-electron chi connectivity index (χ1n) is 8.09. The Balaban J connectivity index is 2.09. The first-order valence-corrected chi connectivity index (χ1v) is 8.09. The van der Waals surface area contributed by atoms with E-state index >= 15 is 0 Å². The standard InChI is InChI=1S/C20H24O4/c1-16(2)14-22-15-20(3,17-10-6-4-7-11-17)24-19(21)23-18-12-8-5-9-13-18/h4-13,16H,14-15H2,1-3H3. The SMILES string of the molecule is CC(C)COCC(C)(OC(=O)Oc1ccccc1)c1ccccc1. The summed E-state index contributed by atoms with van der Waals surface area (Å²) in [7, 11) is 0. The molecular formula is C20H24O4. The number of benzene rings is 2. The topological polar surface area (TPSA) is 44.8 Å². The van der Waals surface area contributed by atoms with Gasteiger partial charge in [-0.2, -0.15) is 0 Å². The van der Waals surface area contributed by atoms with E-state index < -0.39 is 11.8 Å². The summed E-state index contributed by atoms with van der Waals surface area (Å²) in [4.78, 5) is 12.2. The molecule has 2 aromatic carbocycles. The van der Waals surface area contributed by atoms with Crippen molar-refractivity contribution >= 4 is 6.16 Å². The van der Waals surface area contributed by atoms with Crippen molar-refractivity contribution in [3.63, 3.8) is 0 Å². The van der Waals surface area contributed by atoms with Gasteiger partial charge in [0.2, 0.25) is 0 Å². The summed E-state index contributed by atoms with van der Waals surface area (Å²) >= 11 is 0. The van der Waals surface area contributed by atoms with Crippen molar-refractivity contribution in [2.75, 3.05) is 13.2 Å². The number of para-hydroxylation sites is 1. The molecule has 0 fully saturated rings. The molecule has 24 heavy (non-hydrogen) atoms. The molecule has 0 saturated carbocycles. The number of carbonyl (C=O) groups excluding carboxylic acids is 1. The van der Waals surface area contributed by atoms with Crippen molar-refractivity contribution in [2.45, 2.75) is 26.4 Å². The van der Waals surface area contributed by atoms with Crippen LogP contribution in [0.4, 0.5) is 4.79 Å². The second-order valence-corrected chi connectivity index (χ2v) is 6.27. The summed E-state index contributed by atoms with van der Waals surface area (Å²) < 4.78 is 16.6. The summed E-state index contributed by atoms with van der Waals surface area (Å²) in [6, 6.07) is 18.4. The zero-order chi connectivity index (χ0) is 17.4.